The van der Waals surface area contributed by atoms with E-state index < -0.39 is 11.6 Å². The Hall–Kier alpha value is -2.17. The van der Waals surface area contributed by atoms with Crippen molar-refractivity contribution in [3.05, 3.63) is 48.2 Å². The van der Waals surface area contributed by atoms with Crippen LogP contribution in [0.1, 0.15) is 6.92 Å². The SMILES string of the molecule is CCNc1cc(Oc2cccc(F)c2F)ccn1. The maximum Gasteiger partial charge on any atom is 0.201 e. The number of nitrogens with one attached hydrogen (secondary N) is 1. The Morgan fingerprint density at radius 3 is 2.89 bits per heavy atom. The summed E-state index contributed by atoms with van der Waals surface area (Å²) in [6.45, 7) is 2.65. The van der Waals surface area contributed by atoms with Crippen molar-refractivity contribution < 1.29 is 13.5 Å². The second-order valence-corrected chi connectivity index (χ2v) is 3.56. The van der Waals surface area contributed by atoms with Crippen LogP contribution in [0.15, 0.2) is 36.5 Å². The van der Waals surface area contributed by atoms with Gasteiger partial charge < -0.3 is 10.1 Å². The lowest BCUT2D eigenvalue weighted by atomic mass is 10.3. The molecule has 0 amide bonds. The predicted octanol–water partition coefficient (Wildman–Crippen LogP) is 3.58. The summed E-state index contributed by atoms with van der Waals surface area (Å²) in [5.41, 5.74) is 0. The second-order valence-electron chi connectivity index (χ2n) is 3.56. The van der Waals surface area contributed by atoms with E-state index in [9.17, 15) is 8.78 Å². The molecule has 0 unspecified atom stereocenters. The van der Waals surface area contributed by atoms with Gasteiger partial charge in [-0.05, 0) is 25.1 Å². The molecule has 0 saturated heterocycles. The maximum atomic E-state index is 13.4. The number of aromatic nitrogens is 1. The van der Waals surface area contributed by atoms with Crippen LogP contribution in [-0.4, -0.2) is 11.5 Å². The number of nitrogens with zero attached hydrogens (tertiary/aromatic N) is 1. The smallest absolute Gasteiger partial charge is 0.201 e. The molecule has 94 valence electrons. The number of hydrogen-bond donors (Lipinski definition) is 1. The minimum atomic E-state index is -1.00. The summed E-state index contributed by atoms with van der Waals surface area (Å²) in [4.78, 5) is 4.05. The maximum absolute atomic E-state index is 13.4. The summed E-state index contributed by atoms with van der Waals surface area (Å²) in [5.74, 6) is -1.08. The molecular formula is C13H12F2N2O. The molecule has 1 heterocycles. The van der Waals surface area contributed by atoms with Gasteiger partial charge in [-0.25, -0.2) is 9.37 Å². The highest BCUT2D eigenvalue weighted by atomic mass is 19.2. The lowest BCUT2D eigenvalue weighted by Gasteiger charge is -2.08. The molecule has 5 heteroatoms. The summed E-state index contributed by atoms with van der Waals surface area (Å²) < 4.78 is 31.7. The van der Waals surface area contributed by atoms with Gasteiger partial charge in [0.1, 0.15) is 11.6 Å². The van der Waals surface area contributed by atoms with E-state index >= 15 is 0 Å². The third kappa shape index (κ3) is 2.74. The first-order valence-corrected chi connectivity index (χ1v) is 5.52. The van der Waals surface area contributed by atoms with Crippen LogP contribution in [0.4, 0.5) is 14.6 Å². The minimum Gasteiger partial charge on any atom is -0.454 e. The summed E-state index contributed by atoms with van der Waals surface area (Å²) >= 11 is 0. The van der Waals surface area contributed by atoms with E-state index in [4.69, 9.17) is 4.74 Å². The van der Waals surface area contributed by atoms with Gasteiger partial charge >= 0.3 is 0 Å². The van der Waals surface area contributed by atoms with Gasteiger partial charge in [-0.3, -0.25) is 0 Å². The van der Waals surface area contributed by atoms with E-state index in [1.165, 1.54) is 18.3 Å². The van der Waals surface area contributed by atoms with Crippen molar-refractivity contribution in [3.8, 4) is 11.5 Å². The molecule has 0 saturated carbocycles. The molecule has 18 heavy (non-hydrogen) atoms. The molecule has 0 spiro atoms. The van der Waals surface area contributed by atoms with E-state index in [1.54, 1.807) is 12.1 Å². The lowest BCUT2D eigenvalue weighted by Crippen LogP contribution is -1.99. The Morgan fingerprint density at radius 1 is 1.28 bits per heavy atom. The summed E-state index contributed by atoms with van der Waals surface area (Å²) in [5, 5.41) is 3.00. The number of benzene rings is 1. The molecular weight excluding hydrogens is 238 g/mol. The number of ether oxygens (including phenoxy) is 1. The number of anilines is 1. The normalized spacial score (nSPS) is 10.2. The number of rotatable bonds is 4. The molecule has 1 aromatic heterocycles. The van der Waals surface area contributed by atoms with Crippen molar-refractivity contribution in [2.45, 2.75) is 6.92 Å². The van der Waals surface area contributed by atoms with Gasteiger partial charge in [-0.2, -0.15) is 4.39 Å². The average molecular weight is 250 g/mol. The van der Waals surface area contributed by atoms with Gasteiger partial charge in [-0.15, -0.1) is 0 Å². The molecule has 2 aromatic rings. The molecule has 1 aromatic carbocycles. The van der Waals surface area contributed by atoms with Crippen LogP contribution in [0.2, 0.25) is 0 Å². The quantitative estimate of drug-likeness (QED) is 0.900. The van der Waals surface area contributed by atoms with Crippen LogP contribution in [0, 0.1) is 11.6 Å². The highest BCUT2D eigenvalue weighted by Gasteiger charge is 2.09. The van der Waals surface area contributed by atoms with E-state index in [1.807, 2.05) is 6.92 Å². The first kappa shape index (κ1) is 12.3. The minimum absolute atomic E-state index is 0.149. The van der Waals surface area contributed by atoms with E-state index in [2.05, 4.69) is 10.3 Å². The Kier molecular flexibility index (Phi) is 3.72. The number of pyridine rings is 1. The van der Waals surface area contributed by atoms with Gasteiger partial charge in [0.15, 0.2) is 11.6 Å². The monoisotopic (exact) mass is 250 g/mol. The van der Waals surface area contributed by atoms with Crippen LogP contribution in [0.5, 0.6) is 11.5 Å². The Bertz CT molecular complexity index is 546. The van der Waals surface area contributed by atoms with Crippen LogP contribution in [0.25, 0.3) is 0 Å². The molecule has 2 rings (SSSR count). The van der Waals surface area contributed by atoms with Crippen LogP contribution >= 0.6 is 0 Å². The third-order valence-corrected chi connectivity index (χ3v) is 2.23. The molecule has 0 atom stereocenters. The van der Waals surface area contributed by atoms with Crippen molar-refractivity contribution in [2.24, 2.45) is 0 Å². The first-order chi connectivity index (χ1) is 8.70. The van der Waals surface area contributed by atoms with Crippen molar-refractivity contribution in [1.29, 1.82) is 0 Å². The van der Waals surface area contributed by atoms with E-state index in [0.717, 1.165) is 6.07 Å². The molecule has 1 N–H and O–H groups in total. The molecule has 0 fully saturated rings. The number of hydrogen-bond acceptors (Lipinski definition) is 3. The fraction of sp³-hybridized carbons (Fsp3) is 0.154. The first-order valence-electron chi connectivity index (χ1n) is 5.52. The van der Waals surface area contributed by atoms with Crippen molar-refractivity contribution in [2.75, 3.05) is 11.9 Å². The van der Waals surface area contributed by atoms with Gasteiger partial charge in [0.25, 0.3) is 0 Å². The molecule has 0 aliphatic heterocycles. The summed E-state index contributed by atoms with van der Waals surface area (Å²) in [6, 6.07) is 6.99. The van der Waals surface area contributed by atoms with Crippen LogP contribution < -0.4 is 10.1 Å². The molecule has 3 nitrogen and oxygen atoms in total. The Morgan fingerprint density at radius 2 is 2.11 bits per heavy atom. The lowest BCUT2D eigenvalue weighted by molar-refractivity contribution is 0.416. The van der Waals surface area contributed by atoms with Crippen molar-refractivity contribution in [1.82, 2.24) is 4.98 Å². The van der Waals surface area contributed by atoms with Gasteiger partial charge in [-0.1, -0.05) is 6.07 Å². The molecule has 0 radical (unpaired) electrons. The van der Waals surface area contributed by atoms with Gasteiger partial charge in [0, 0.05) is 18.8 Å². The Balaban J connectivity index is 2.23. The van der Waals surface area contributed by atoms with E-state index in [0.29, 0.717) is 18.1 Å². The zero-order chi connectivity index (χ0) is 13.0. The molecule has 0 bridgehead atoms. The van der Waals surface area contributed by atoms with Crippen molar-refractivity contribution in [3.63, 3.8) is 0 Å². The zero-order valence-electron chi connectivity index (χ0n) is 9.78. The van der Waals surface area contributed by atoms with Gasteiger partial charge in [0.2, 0.25) is 5.82 Å². The predicted molar refractivity (Wildman–Crippen MR) is 64.8 cm³/mol. The standard InChI is InChI=1S/C13H12F2N2O/c1-2-16-12-8-9(6-7-17-12)18-11-5-3-4-10(14)13(11)15/h3-8H,2H2,1H3,(H,16,17). The van der Waals surface area contributed by atoms with E-state index in [-0.39, 0.29) is 5.75 Å². The molecule has 0 aliphatic rings. The summed E-state index contributed by atoms with van der Waals surface area (Å²) in [7, 11) is 0. The molecule has 0 aliphatic carbocycles. The fourth-order valence-corrected chi connectivity index (χ4v) is 1.44. The van der Waals surface area contributed by atoms with Crippen molar-refractivity contribution >= 4 is 5.82 Å². The Labute approximate surface area is 103 Å². The van der Waals surface area contributed by atoms with Crippen LogP contribution in [-0.2, 0) is 0 Å². The highest BCUT2D eigenvalue weighted by Crippen LogP contribution is 2.26. The second kappa shape index (κ2) is 5.44. The third-order valence-electron chi connectivity index (χ3n) is 2.23. The summed E-state index contributed by atoms with van der Waals surface area (Å²) in [6.07, 6.45) is 1.53. The van der Waals surface area contributed by atoms with Gasteiger partial charge in [0.05, 0.1) is 0 Å². The zero-order valence-corrected chi connectivity index (χ0v) is 9.78. The largest absolute Gasteiger partial charge is 0.454 e. The number of halogens is 2. The fourth-order valence-electron chi connectivity index (χ4n) is 1.44. The average Bonchev–Trinajstić information content (AvgIpc) is 2.36. The highest BCUT2D eigenvalue weighted by molar-refractivity contribution is 5.42. The topological polar surface area (TPSA) is 34.1 Å². The van der Waals surface area contributed by atoms with Crippen LogP contribution in [0.3, 0.4) is 0 Å².